The van der Waals surface area contributed by atoms with Crippen molar-refractivity contribution in [2.45, 2.75) is 19.0 Å². The van der Waals surface area contributed by atoms with E-state index in [1.165, 1.54) is 28.4 Å². The number of aromatic nitrogens is 1. The molecule has 0 unspecified atom stereocenters. The Morgan fingerprint density at radius 3 is 2.50 bits per heavy atom. The van der Waals surface area contributed by atoms with Crippen molar-refractivity contribution in [1.82, 2.24) is 9.88 Å². The van der Waals surface area contributed by atoms with E-state index in [0.717, 1.165) is 12.1 Å². The minimum atomic E-state index is -4.37. The molecule has 1 saturated heterocycles. The molecular formula is C17H16F3N3O2S. The number of halogens is 3. The van der Waals surface area contributed by atoms with Crippen LogP contribution in [0.2, 0.25) is 0 Å². The second kappa shape index (κ2) is 7.45. The lowest BCUT2D eigenvalue weighted by molar-refractivity contribution is -0.137. The van der Waals surface area contributed by atoms with E-state index in [4.69, 9.17) is 0 Å². The molecule has 1 aromatic heterocycles. The summed E-state index contributed by atoms with van der Waals surface area (Å²) in [6.07, 6.45) is -2.27. The van der Waals surface area contributed by atoms with E-state index in [1.807, 2.05) is 0 Å². The van der Waals surface area contributed by atoms with Gasteiger partial charge in [-0.1, -0.05) is 12.1 Å². The van der Waals surface area contributed by atoms with E-state index >= 15 is 0 Å². The molecule has 0 N–H and O–H groups in total. The topological polar surface area (TPSA) is 53.5 Å². The molecule has 138 valence electrons. The van der Waals surface area contributed by atoms with Gasteiger partial charge in [-0.05, 0) is 24.1 Å². The molecule has 2 aromatic rings. The van der Waals surface area contributed by atoms with Crippen LogP contribution in [0, 0.1) is 0 Å². The number of alkyl halides is 3. The lowest BCUT2D eigenvalue weighted by atomic mass is 10.1. The predicted octanol–water partition coefficient (Wildman–Crippen LogP) is 2.97. The quantitative estimate of drug-likeness (QED) is 0.816. The van der Waals surface area contributed by atoms with Gasteiger partial charge in [0.25, 0.3) is 0 Å². The minimum Gasteiger partial charge on any atom is -0.332 e. The van der Waals surface area contributed by atoms with Crippen molar-refractivity contribution >= 4 is 28.3 Å². The van der Waals surface area contributed by atoms with E-state index in [-0.39, 0.29) is 24.8 Å². The third kappa shape index (κ3) is 4.21. The maximum absolute atomic E-state index is 12.5. The zero-order chi connectivity index (χ0) is 18.7. The molecule has 1 fully saturated rings. The predicted molar refractivity (Wildman–Crippen MR) is 90.8 cm³/mol. The van der Waals surface area contributed by atoms with Crippen LogP contribution in [-0.4, -0.2) is 41.3 Å². The number of hydrogen-bond donors (Lipinski definition) is 0. The first-order valence-corrected chi connectivity index (χ1v) is 8.86. The number of aryl methyl sites for hydroxylation is 1. The van der Waals surface area contributed by atoms with Crippen LogP contribution in [0.3, 0.4) is 0 Å². The fraction of sp³-hybridized carbons (Fsp3) is 0.353. The fourth-order valence-corrected chi connectivity index (χ4v) is 3.39. The summed E-state index contributed by atoms with van der Waals surface area (Å²) >= 11 is 1.36. The van der Waals surface area contributed by atoms with Gasteiger partial charge in [0.05, 0.1) is 5.56 Å². The van der Waals surface area contributed by atoms with Crippen LogP contribution in [0.4, 0.5) is 18.3 Å². The maximum Gasteiger partial charge on any atom is 0.416 e. The van der Waals surface area contributed by atoms with Gasteiger partial charge in [0.15, 0.2) is 5.13 Å². The van der Waals surface area contributed by atoms with Crippen molar-refractivity contribution in [2.24, 2.45) is 0 Å². The van der Waals surface area contributed by atoms with Gasteiger partial charge in [0, 0.05) is 31.1 Å². The average Bonchev–Trinajstić information content (AvgIpc) is 3.13. The number of benzene rings is 1. The summed E-state index contributed by atoms with van der Waals surface area (Å²) in [4.78, 5) is 31.6. The van der Waals surface area contributed by atoms with Gasteiger partial charge in [-0.3, -0.25) is 14.5 Å². The van der Waals surface area contributed by atoms with E-state index in [0.29, 0.717) is 30.2 Å². The third-order valence-electron chi connectivity index (χ3n) is 4.13. The largest absolute Gasteiger partial charge is 0.416 e. The Labute approximate surface area is 152 Å². The number of rotatable bonds is 4. The minimum absolute atomic E-state index is 0.00851. The fourth-order valence-electron chi connectivity index (χ4n) is 2.71. The summed E-state index contributed by atoms with van der Waals surface area (Å²) in [6, 6.07) is 4.77. The molecule has 2 amide bonds. The molecule has 0 saturated carbocycles. The Morgan fingerprint density at radius 1 is 1.19 bits per heavy atom. The number of piperazine rings is 1. The highest BCUT2D eigenvalue weighted by Crippen LogP contribution is 2.29. The molecule has 0 aliphatic carbocycles. The summed E-state index contributed by atoms with van der Waals surface area (Å²) in [5.74, 6) is -0.369. The van der Waals surface area contributed by atoms with Gasteiger partial charge in [-0.2, -0.15) is 13.2 Å². The van der Waals surface area contributed by atoms with Crippen LogP contribution in [-0.2, 0) is 22.2 Å². The molecule has 0 spiro atoms. The van der Waals surface area contributed by atoms with Gasteiger partial charge in [0.1, 0.15) is 6.54 Å². The van der Waals surface area contributed by atoms with E-state index in [9.17, 15) is 22.8 Å². The number of nitrogens with zero attached hydrogens (tertiary/aromatic N) is 3. The molecule has 0 radical (unpaired) electrons. The van der Waals surface area contributed by atoms with Crippen LogP contribution in [0.1, 0.15) is 17.5 Å². The summed E-state index contributed by atoms with van der Waals surface area (Å²) in [6.45, 7) is 0.793. The summed E-state index contributed by atoms with van der Waals surface area (Å²) in [5, 5.41) is 2.40. The van der Waals surface area contributed by atoms with Crippen molar-refractivity contribution < 1.29 is 22.8 Å². The molecule has 3 rings (SSSR count). The summed E-state index contributed by atoms with van der Waals surface area (Å²) in [5.41, 5.74) is -0.0596. The Bertz CT molecular complexity index is 776. The molecule has 0 atom stereocenters. The number of amides is 2. The van der Waals surface area contributed by atoms with Gasteiger partial charge < -0.3 is 4.90 Å². The summed E-state index contributed by atoms with van der Waals surface area (Å²) < 4.78 is 37.6. The van der Waals surface area contributed by atoms with Gasteiger partial charge >= 0.3 is 6.18 Å². The number of thiazole rings is 1. The lowest BCUT2D eigenvalue weighted by Gasteiger charge is -2.32. The van der Waals surface area contributed by atoms with E-state index < -0.39 is 11.7 Å². The molecule has 0 bridgehead atoms. The van der Waals surface area contributed by atoms with Crippen LogP contribution in [0.25, 0.3) is 0 Å². The number of carbonyl (C=O) groups is 2. The van der Waals surface area contributed by atoms with E-state index in [1.54, 1.807) is 16.5 Å². The maximum atomic E-state index is 12.5. The number of carbonyl (C=O) groups excluding carboxylic acids is 2. The monoisotopic (exact) mass is 383 g/mol. The molecule has 1 aromatic carbocycles. The van der Waals surface area contributed by atoms with Crippen LogP contribution in [0.15, 0.2) is 35.8 Å². The van der Waals surface area contributed by atoms with Crippen molar-refractivity contribution in [3.63, 3.8) is 0 Å². The highest BCUT2D eigenvalue weighted by atomic mass is 32.1. The average molecular weight is 383 g/mol. The Kier molecular flexibility index (Phi) is 5.26. The van der Waals surface area contributed by atoms with Gasteiger partial charge in [0.2, 0.25) is 11.8 Å². The van der Waals surface area contributed by atoms with E-state index in [2.05, 4.69) is 4.98 Å². The Morgan fingerprint density at radius 2 is 1.92 bits per heavy atom. The highest BCUT2D eigenvalue weighted by Gasteiger charge is 2.30. The van der Waals surface area contributed by atoms with Gasteiger partial charge in [-0.15, -0.1) is 11.3 Å². The van der Waals surface area contributed by atoms with Gasteiger partial charge in [-0.25, -0.2) is 4.98 Å². The second-order valence-corrected chi connectivity index (χ2v) is 6.74. The number of hydrogen-bond acceptors (Lipinski definition) is 4. The zero-order valence-electron chi connectivity index (χ0n) is 13.7. The Balaban J connectivity index is 1.52. The molecule has 1 aliphatic rings. The number of anilines is 1. The normalized spacial score (nSPS) is 15.4. The van der Waals surface area contributed by atoms with Crippen LogP contribution >= 0.6 is 11.3 Å². The molecule has 1 aliphatic heterocycles. The lowest BCUT2D eigenvalue weighted by Crippen LogP contribution is -2.52. The van der Waals surface area contributed by atoms with Crippen molar-refractivity contribution in [1.29, 1.82) is 0 Å². The standard InChI is InChI=1S/C17H16F3N3O2S/c18-17(19,20)13-4-1-12(2-5-13)3-6-14(24)22-8-9-23(15(25)11-22)16-21-7-10-26-16/h1-2,4-5,7,10H,3,6,8-9,11H2. The zero-order valence-corrected chi connectivity index (χ0v) is 14.5. The Hall–Kier alpha value is -2.42. The highest BCUT2D eigenvalue weighted by molar-refractivity contribution is 7.13. The molecular weight excluding hydrogens is 367 g/mol. The molecule has 9 heteroatoms. The molecule has 2 heterocycles. The second-order valence-electron chi connectivity index (χ2n) is 5.87. The molecule has 5 nitrogen and oxygen atoms in total. The first-order chi connectivity index (χ1) is 12.3. The smallest absolute Gasteiger partial charge is 0.332 e. The first kappa shape index (κ1) is 18.4. The first-order valence-electron chi connectivity index (χ1n) is 7.98. The van der Waals surface area contributed by atoms with Crippen molar-refractivity contribution in [3.05, 3.63) is 47.0 Å². The SMILES string of the molecule is O=C(CCc1ccc(C(F)(F)F)cc1)N1CCN(c2nccs2)C(=O)C1. The molecule has 26 heavy (non-hydrogen) atoms. The van der Waals surface area contributed by atoms with Crippen LogP contribution < -0.4 is 4.90 Å². The van der Waals surface area contributed by atoms with Crippen molar-refractivity contribution in [3.8, 4) is 0 Å². The summed E-state index contributed by atoms with van der Waals surface area (Å²) in [7, 11) is 0. The van der Waals surface area contributed by atoms with Crippen molar-refractivity contribution in [2.75, 3.05) is 24.5 Å². The van der Waals surface area contributed by atoms with Crippen LogP contribution in [0.5, 0.6) is 0 Å². The third-order valence-corrected chi connectivity index (χ3v) is 4.93.